The monoisotopic (exact) mass is 332 g/mol. The average Bonchev–Trinajstić information content (AvgIpc) is 2.73. The third-order valence-electron chi connectivity index (χ3n) is 3.04. The van der Waals surface area contributed by atoms with Crippen molar-refractivity contribution >= 4 is 22.8 Å². The lowest BCUT2D eigenvalue weighted by atomic mass is 10.2. The van der Waals surface area contributed by atoms with Gasteiger partial charge in [-0.15, -0.1) is 0 Å². The highest BCUT2D eigenvalue weighted by atomic mass is 32.2. The van der Waals surface area contributed by atoms with Crippen LogP contribution in [0, 0.1) is 0 Å². The molecule has 0 spiro atoms. The van der Waals surface area contributed by atoms with E-state index in [0.717, 1.165) is 18.6 Å². The number of rotatable bonds is 5. The van der Waals surface area contributed by atoms with Gasteiger partial charge in [0.05, 0.1) is 22.2 Å². The molecule has 0 aliphatic carbocycles. The van der Waals surface area contributed by atoms with E-state index in [9.17, 15) is 18.3 Å². The van der Waals surface area contributed by atoms with Gasteiger partial charge in [0.15, 0.2) is 5.16 Å². The number of thioether (sulfide) groups is 1. The summed E-state index contributed by atoms with van der Waals surface area (Å²) in [7, 11) is 0. The van der Waals surface area contributed by atoms with Gasteiger partial charge in [-0.1, -0.05) is 18.7 Å². The minimum Gasteiger partial charge on any atom is -0.390 e. The predicted octanol–water partition coefficient (Wildman–Crippen LogP) is 4.33. The molecule has 0 saturated heterocycles. The number of hydrogen-bond donors (Lipinski definition) is 1. The number of alkyl halides is 3. The Morgan fingerprint density at radius 3 is 2.50 bits per heavy atom. The summed E-state index contributed by atoms with van der Waals surface area (Å²) in [4.78, 5) is 4.40. The van der Waals surface area contributed by atoms with Crippen molar-refractivity contribution in [2.24, 2.45) is 0 Å². The normalized spacial score (nSPS) is 13.0. The Labute approximate surface area is 131 Å². The molecule has 2 rings (SSSR count). The van der Waals surface area contributed by atoms with E-state index in [1.807, 2.05) is 6.92 Å². The summed E-state index contributed by atoms with van der Waals surface area (Å²) in [6.07, 6.45) is -3.58. The highest BCUT2D eigenvalue weighted by Gasteiger charge is 2.31. The summed E-state index contributed by atoms with van der Waals surface area (Å²) in [5.74, 6) is 0.423. The van der Waals surface area contributed by atoms with Crippen molar-refractivity contribution in [1.29, 1.82) is 0 Å². The van der Waals surface area contributed by atoms with Crippen LogP contribution < -0.4 is 0 Å². The van der Waals surface area contributed by atoms with Crippen molar-refractivity contribution in [3.8, 4) is 0 Å². The van der Waals surface area contributed by atoms with Crippen LogP contribution in [0.15, 0.2) is 23.4 Å². The zero-order chi connectivity index (χ0) is 16.5. The fourth-order valence-corrected chi connectivity index (χ4v) is 3.06. The molecule has 0 aliphatic heterocycles. The first-order valence-electron chi connectivity index (χ1n) is 7.04. The third kappa shape index (κ3) is 3.95. The number of nitrogens with zero attached hydrogens (tertiary/aromatic N) is 2. The number of halogens is 3. The highest BCUT2D eigenvalue weighted by molar-refractivity contribution is 7.99. The maximum Gasteiger partial charge on any atom is 0.416 e. The fraction of sp³-hybridized carbons (Fsp3) is 0.533. The van der Waals surface area contributed by atoms with E-state index in [1.165, 1.54) is 17.8 Å². The first kappa shape index (κ1) is 17.1. The zero-order valence-corrected chi connectivity index (χ0v) is 13.6. The molecule has 0 saturated carbocycles. The van der Waals surface area contributed by atoms with Gasteiger partial charge in [0.25, 0.3) is 0 Å². The van der Waals surface area contributed by atoms with Crippen LogP contribution in [0.3, 0.4) is 0 Å². The molecule has 122 valence electrons. The van der Waals surface area contributed by atoms with Gasteiger partial charge in [-0.2, -0.15) is 13.2 Å². The lowest BCUT2D eigenvalue weighted by Crippen LogP contribution is -2.22. The maximum absolute atomic E-state index is 12.9. The Morgan fingerprint density at radius 2 is 1.95 bits per heavy atom. The van der Waals surface area contributed by atoms with Crippen molar-refractivity contribution in [2.45, 2.75) is 50.7 Å². The van der Waals surface area contributed by atoms with Gasteiger partial charge in [0.2, 0.25) is 0 Å². The largest absolute Gasteiger partial charge is 0.416 e. The van der Waals surface area contributed by atoms with Crippen LogP contribution in [0.2, 0.25) is 0 Å². The average molecular weight is 332 g/mol. The van der Waals surface area contributed by atoms with Gasteiger partial charge < -0.3 is 9.67 Å². The number of aryl methyl sites for hydroxylation is 1. The number of aliphatic hydroxyl groups is 1. The quantitative estimate of drug-likeness (QED) is 0.828. The maximum atomic E-state index is 12.9. The Morgan fingerprint density at radius 1 is 1.27 bits per heavy atom. The molecular formula is C15H19F3N2OS. The van der Waals surface area contributed by atoms with Gasteiger partial charge in [-0.05, 0) is 38.5 Å². The minimum atomic E-state index is -4.37. The molecule has 2 aromatic rings. The molecule has 1 heterocycles. The van der Waals surface area contributed by atoms with E-state index >= 15 is 0 Å². The second kappa shape index (κ2) is 6.12. The Balaban J connectivity index is 2.46. The molecule has 0 unspecified atom stereocenters. The van der Waals surface area contributed by atoms with Gasteiger partial charge in [-0.25, -0.2) is 4.98 Å². The molecule has 1 N–H and O–H groups in total. The zero-order valence-electron chi connectivity index (χ0n) is 12.7. The predicted molar refractivity (Wildman–Crippen MR) is 82.0 cm³/mol. The summed E-state index contributed by atoms with van der Waals surface area (Å²) in [5.41, 5.74) is -0.511. The van der Waals surface area contributed by atoms with Gasteiger partial charge in [-0.3, -0.25) is 0 Å². The van der Waals surface area contributed by atoms with E-state index in [-0.39, 0.29) is 0 Å². The number of fused-ring (bicyclic) bond motifs is 1. The number of benzene rings is 1. The van der Waals surface area contributed by atoms with Gasteiger partial charge >= 0.3 is 6.18 Å². The van der Waals surface area contributed by atoms with E-state index in [0.29, 0.717) is 28.5 Å². The Hall–Kier alpha value is -1.21. The van der Waals surface area contributed by atoms with Crippen molar-refractivity contribution in [3.63, 3.8) is 0 Å². The molecule has 1 aromatic heterocycles. The van der Waals surface area contributed by atoms with Gasteiger partial charge in [0, 0.05) is 12.3 Å². The Kier molecular flexibility index (Phi) is 4.77. The van der Waals surface area contributed by atoms with Crippen LogP contribution >= 0.6 is 11.8 Å². The van der Waals surface area contributed by atoms with Crippen LogP contribution in [0.25, 0.3) is 11.0 Å². The van der Waals surface area contributed by atoms with Crippen molar-refractivity contribution in [3.05, 3.63) is 23.8 Å². The molecule has 0 amide bonds. The van der Waals surface area contributed by atoms with Crippen molar-refractivity contribution in [2.75, 3.05) is 5.75 Å². The van der Waals surface area contributed by atoms with Crippen molar-refractivity contribution in [1.82, 2.24) is 9.55 Å². The van der Waals surface area contributed by atoms with Crippen molar-refractivity contribution < 1.29 is 18.3 Å². The summed E-state index contributed by atoms with van der Waals surface area (Å²) >= 11 is 1.35. The first-order chi connectivity index (χ1) is 10.1. The summed E-state index contributed by atoms with van der Waals surface area (Å²) in [6.45, 7) is 5.93. The van der Waals surface area contributed by atoms with E-state index in [2.05, 4.69) is 4.98 Å². The van der Waals surface area contributed by atoms with Gasteiger partial charge in [0.1, 0.15) is 0 Å². The molecule has 1 aromatic carbocycles. The number of imidazole rings is 1. The summed E-state index contributed by atoms with van der Waals surface area (Å²) in [5, 5.41) is 10.5. The third-order valence-corrected chi connectivity index (χ3v) is 4.46. The molecule has 0 fully saturated rings. The molecule has 3 nitrogen and oxygen atoms in total. The molecular weight excluding hydrogens is 313 g/mol. The lowest BCUT2D eigenvalue weighted by Gasteiger charge is -2.16. The molecule has 0 aliphatic rings. The molecule has 7 heteroatoms. The Bertz CT molecular complexity index is 659. The lowest BCUT2D eigenvalue weighted by molar-refractivity contribution is -0.137. The molecule has 22 heavy (non-hydrogen) atoms. The van der Waals surface area contributed by atoms with Crippen LogP contribution in [-0.4, -0.2) is 26.0 Å². The van der Waals surface area contributed by atoms with Crippen LogP contribution in [-0.2, 0) is 12.7 Å². The minimum absolute atomic E-state index is 0.423. The van der Waals surface area contributed by atoms with Crippen LogP contribution in [0.5, 0.6) is 0 Å². The van der Waals surface area contributed by atoms with Crippen LogP contribution in [0.4, 0.5) is 13.2 Å². The second-order valence-corrected chi connectivity index (χ2v) is 6.79. The first-order valence-corrected chi connectivity index (χ1v) is 8.03. The smallest absolute Gasteiger partial charge is 0.390 e. The SMILES string of the molecule is CCCn1c(SCC(C)(C)O)nc2ccc(C(F)(F)F)cc21. The molecule has 0 bridgehead atoms. The standard InChI is InChI=1S/C15H19F3N2OS/c1-4-7-20-12-8-10(15(16,17)18)5-6-11(12)19-13(20)22-9-14(2,3)21/h5-6,8,21H,4,7,9H2,1-3H3. The number of aromatic nitrogens is 2. The topological polar surface area (TPSA) is 38.0 Å². The van der Waals surface area contributed by atoms with E-state index < -0.39 is 17.3 Å². The second-order valence-electron chi connectivity index (χ2n) is 5.85. The molecule has 0 atom stereocenters. The van der Waals surface area contributed by atoms with E-state index in [1.54, 1.807) is 18.4 Å². The van der Waals surface area contributed by atoms with Crippen LogP contribution in [0.1, 0.15) is 32.8 Å². The summed E-state index contributed by atoms with van der Waals surface area (Å²) in [6, 6.07) is 3.60. The molecule has 0 radical (unpaired) electrons. The fourth-order valence-electron chi connectivity index (χ4n) is 2.07. The summed E-state index contributed by atoms with van der Waals surface area (Å²) < 4.78 is 40.4. The number of hydrogen-bond acceptors (Lipinski definition) is 3. The highest BCUT2D eigenvalue weighted by Crippen LogP contribution is 2.33. The van der Waals surface area contributed by atoms with E-state index in [4.69, 9.17) is 0 Å².